The summed E-state index contributed by atoms with van der Waals surface area (Å²) in [6.45, 7) is 1.91. The van der Waals surface area contributed by atoms with E-state index < -0.39 is 11.1 Å². The summed E-state index contributed by atoms with van der Waals surface area (Å²) in [4.78, 5) is 44.4. The Labute approximate surface area is 195 Å². The van der Waals surface area contributed by atoms with Crippen molar-refractivity contribution in [1.82, 2.24) is 14.8 Å². The maximum absolute atomic E-state index is 12.8. The van der Waals surface area contributed by atoms with Crippen molar-refractivity contribution < 1.29 is 28.6 Å². The molecule has 0 spiro atoms. The van der Waals surface area contributed by atoms with Crippen LogP contribution in [0, 0.1) is 0 Å². The second-order valence-electron chi connectivity index (χ2n) is 7.32. The Kier molecular flexibility index (Phi) is 7.26. The highest BCUT2D eigenvalue weighted by molar-refractivity contribution is 8.18. The second-order valence-corrected chi connectivity index (χ2v) is 8.31. The van der Waals surface area contributed by atoms with Crippen LogP contribution < -0.4 is 9.47 Å². The zero-order valence-corrected chi connectivity index (χ0v) is 18.9. The highest BCUT2D eigenvalue weighted by Crippen LogP contribution is 2.34. The maximum Gasteiger partial charge on any atom is 0.294 e. The number of morpholine rings is 1. The molecule has 0 atom stereocenters. The molecule has 2 aromatic rings. The van der Waals surface area contributed by atoms with Gasteiger partial charge in [0.05, 0.1) is 25.2 Å². The molecule has 2 saturated heterocycles. The maximum atomic E-state index is 12.8. The third-order valence-electron chi connectivity index (χ3n) is 5.16. The topological polar surface area (TPSA) is 98.3 Å². The molecule has 1 aromatic heterocycles. The molecule has 0 unspecified atom stereocenters. The number of methoxy groups -OCH3 is 1. The molecule has 2 aliphatic rings. The Morgan fingerprint density at radius 3 is 2.64 bits per heavy atom. The molecule has 172 valence electrons. The second kappa shape index (κ2) is 10.5. The van der Waals surface area contributed by atoms with Gasteiger partial charge < -0.3 is 19.1 Å². The minimum Gasteiger partial charge on any atom is -0.493 e. The normalized spacial score (nSPS) is 17.5. The number of imide groups is 1. The van der Waals surface area contributed by atoms with E-state index in [1.54, 1.807) is 41.6 Å². The first kappa shape index (κ1) is 22.8. The Hall–Kier alpha value is -3.37. The fourth-order valence-corrected chi connectivity index (χ4v) is 4.21. The van der Waals surface area contributed by atoms with Gasteiger partial charge in [-0.25, -0.2) is 0 Å². The molecule has 1 aromatic carbocycles. The number of hydrogen-bond donors (Lipinski definition) is 0. The van der Waals surface area contributed by atoms with Crippen LogP contribution in [0.3, 0.4) is 0 Å². The molecule has 33 heavy (non-hydrogen) atoms. The van der Waals surface area contributed by atoms with Crippen LogP contribution in [0.4, 0.5) is 4.79 Å². The Balaban J connectivity index is 1.43. The average molecular weight is 470 g/mol. The van der Waals surface area contributed by atoms with Crippen molar-refractivity contribution >= 4 is 34.9 Å². The van der Waals surface area contributed by atoms with Crippen LogP contribution in [0.15, 0.2) is 47.6 Å². The number of carbonyl (C=O) groups is 3. The first-order chi connectivity index (χ1) is 16.0. The smallest absolute Gasteiger partial charge is 0.294 e. The largest absolute Gasteiger partial charge is 0.493 e. The Morgan fingerprint density at radius 1 is 1.15 bits per heavy atom. The summed E-state index contributed by atoms with van der Waals surface area (Å²) in [5.74, 6) is 0.304. The summed E-state index contributed by atoms with van der Waals surface area (Å²) < 4.78 is 16.5. The van der Waals surface area contributed by atoms with E-state index in [1.165, 1.54) is 7.11 Å². The molecule has 0 saturated carbocycles. The first-order valence-electron chi connectivity index (χ1n) is 10.4. The van der Waals surface area contributed by atoms with Gasteiger partial charge in [-0.2, -0.15) is 0 Å². The number of carbonyl (C=O) groups excluding carboxylic acids is 3. The highest BCUT2D eigenvalue weighted by atomic mass is 32.2. The van der Waals surface area contributed by atoms with Gasteiger partial charge in [0, 0.05) is 25.5 Å². The molecule has 0 radical (unpaired) electrons. The van der Waals surface area contributed by atoms with E-state index in [4.69, 9.17) is 14.2 Å². The molecule has 9 nitrogen and oxygen atoms in total. The lowest BCUT2D eigenvalue weighted by Crippen LogP contribution is -2.46. The van der Waals surface area contributed by atoms with Crippen LogP contribution in [0.25, 0.3) is 6.08 Å². The zero-order chi connectivity index (χ0) is 23.2. The van der Waals surface area contributed by atoms with Crippen LogP contribution in [0.2, 0.25) is 0 Å². The molecular formula is C23H23N3O6S. The molecule has 2 fully saturated rings. The fourth-order valence-electron chi connectivity index (χ4n) is 3.37. The summed E-state index contributed by atoms with van der Waals surface area (Å²) in [6.07, 6.45) is 5.00. The number of ether oxygens (including phenoxy) is 3. The third-order valence-corrected chi connectivity index (χ3v) is 6.07. The van der Waals surface area contributed by atoms with Crippen molar-refractivity contribution in [2.75, 3.05) is 40.0 Å². The lowest BCUT2D eigenvalue weighted by atomic mass is 10.2. The molecule has 3 amide bonds. The number of aromatic nitrogens is 1. The van der Waals surface area contributed by atoms with Gasteiger partial charge in [-0.05, 0) is 53.2 Å². The van der Waals surface area contributed by atoms with Crippen LogP contribution in [0.1, 0.15) is 11.1 Å². The van der Waals surface area contributed by atoms with Gasteiger partial charge in [0.25, 0.3) is 11.1 Å². The van der Waals surface area contributed by atoms with E-state index >= 15 is 0 Å². The van der Waals surface area contributed by atoms with Crippen molar-refractivity contribution in [3.63, 3.8) is 0 Å². The van der Waals surface area contributed by atoms with Gasteiger partial charge in [-0.15, -0.1) is 0 Å². The van der Waals surface area contributed by atoms with Crippen molar-refractivity contribution in [3.8, 4) is 11.5 Å². The summed E-state index contributed by atoms with van der Waals surface area (Å²) in [6, 6.07) is 8.98. The van der Waals surface area contributed by atoms with Gasteiger partial charge in [-0.3, -0.25) is 24.3 Å². The molecule has 10 heteroatoms. The predicted molar refractivity (Wildman–Crippen MR) is 122 cm³/mol. The standard InChI is InChI=1S/C23H23N3O6S/c1-30-19-12-17(2-3-18(19)32-15-16-4-6-24-7-5-16)13-20-22(28)26(23(29)33-20)14-21(27)25-8-10-31-11-9-25/h2-7,12-13H,8-11,14-15H2,1H3/b20-13+. The lowest BCUT2D eigenvalue weighted by Gasteiger charge is -2.28. The number of nitrogens with zero attached hydrogens (tertiary/aromatic N) is 3. The zero-order valence-electron chi connectivity index (χ0n) is 18.1. The summed E-state index contributed by atoms with van der Waals surface area (Å²) in [5, 5.41) is -0.461. The molecule has 2 aliphatic heterocycles. The van der Waals surface area contributed by atoms with Crippen molar-refractivity contribution in [1.29, 1.82) is 0 Å². The van der Waals surface area contributed by atoms with E-state index in [1.807, 2.05) is 12.1 Å². The van der Waals surface area contributed by atoms with Crippen LogP contribution in [-0.2, 0) is 20.9 Å². The molecule has 0 N–H and O–H groups in total. The van der Waals surface area contributed by atoms with Gasteiger partial charge in [-0.1, -0.05) is 6.07 Å². The van der Waals surface area contributed by atoms with Gasteiger partial charge >= 0.3 is 0 Å². The SMILES string of the molecule is COc1cc(/C=C2/SC(=O)N(CC(=O)N3CCOCC3)C2=O)ccc1OCc1ccncc1. The number of amides is 3. The Bertz CT molecular complexity index is 1070. The van der Waals surface area contributed by atoms with E-state index in [9.17, 15) is 14.4 Å². The number of hydrogen-bond acceptors (Lipinski definition) is 8. The lowest BCUT2D eigenvalue weighted by molar-refractivity contribution is -0.139. The van der Waals surface area contributed by atoms with E-state index in [0.29, 0.717) is 50.0 Å². The Morgan fingerprint density at radius 2 is 1.91 bits per heavy atom. The molecule has 3 heterocycles. The van der Waals surface area contributed by atoms with Gasteiger partial charge in [0.2, 0.25) is 5.91 Å². The minimum absolute atomic E-state index is 0.252. The summed E-state index contributed by atoms with van der Waals surface area (Å²) in [7, 11) is 1.53. The monoisotopic (exact) mass is 469 g/mol. The van der Waals surface area contributed by atoms with Crippen LogP contribution in [0.5, 0.6) is 11.5 Å². The number of benzene rings is 1. The van der Waals surface area contributed by atoms with E-state index in [2.05, 4.69) is 4.98 Å². The van der Waals surface area contributed by atoms with E-state index in [-0.39, 0.29) is 17.4 Å². The van der Waals surface area contributed by atoms with Gasteiger partial charge in [0.1, 0.15) is 13.2 Å². The average Bonchev–Trinajstić information content (AvgIpc) is 3.11. The van der Waals surface area contributed by atoms with Crippen molar-refractivity contribution in [2.24, 2.45) is 0 Å². The minimum atomic E-state index is -0.483. The molecule has 0 bridgehead atoms. The molecule has 4 rings (SSSR count). The van der Waals surface area contributed by atoms with Crippen LogP contribution in [-0.4, -0.2) is 71.8 Å². The number of thioether (sulfide) groups is 1. The van der Waals surface area contributed by atoms with E-state index in [0.717, 1.165) is 22.2 Å². The van der Waals surface area contributed by atoms with Crippen molar-refractivity contribution in [3.05, 3.63) is 58.8 Å². The fraction of sp³-hybridized carbons (Fsp3) is 0.304. The van der Waals surface area contributed by atoms with Crippen molar-refractivity contribution in [2.45, 2.75) is 6.61 Å². The highest BCUT2D eigenvalue weighted by Gasteiger charge is 2.37. The molecule has 0 aliphatic carbocycles. The van der Waals surface area contributed by atoms with Gasteiger partial charge in [0.15, 0.2) is 11.5 Å². The predicted octanol–water partition coefficient (Wildman–Crippen LogP) is 2.56. The van der Waals surface area contributed by atoms with Crippen LogP contribution >= 0.6 is 11.8 Å². The summed E-state index contributed by atoms with van der Waals surface area (Å²) in [5.41, 5.74) is 1.64. The summed E-state index contributed by atoms with van der Waals surface area (Å²) >= 11 is 0.816. The quantitative estimate of drug-likeness (QED) is 0.571. The number of pyridine rings is 1. The third kappa shape index (κ3) is 5.52. The molecular weight excluding hydrogens is 446 g/mol. The number of rotatable bonds is 7. The first-order valence-corrected chi connectivity index (χ1v) is 11.2.